The van der Waals surface area contributed by atoms with Gasteiger partial charge in [-0.05, 0) is 27.2 Å². The predicted molar refractivity (Wildman–Crippen MR) is 60.0 cm³/mol. The van der Waals surface area contributed by atoms with Crippen LogP contribution in [-0.2, 0) is 14.3 Å². The molecule has 0 amide bonds. The summed E-state index contributed by atoms with van der Waals surface area (Å²) in [7, 11) is 0. The molecule has 0 heterocycles. The molecule has 88 valence electrons. The summed E-state index contributed by atoms with van der Waals surface area (Å²) in [5, 5.41) is 8.65. The van der Waals surface area contributed by atoms with Crippen LogP contribution in [0.4, 0.5) is 0 Å². The summed E-state index contributed by atoms with van der Waals surface area (Å²) in [5.74, 6) is -1.76. The van der Waals surface area contributed by atoms with Crippen molar-refractivity contribution >= 4 is 27.9 Å². The minimum Gasteiger partial charge on any atom is -0.480 e. The molecule has 0 aliphatic carbocycles. The molecule has 0 saturated carbocycles. The maximum atomic E-state index is 11.5. The number of hydrogen-bond donors (Lipinski definition) is 1. The van der Waals surface area contributed by atoms with E-state index in [1.807, 2.05) is 0 Å². The van der Waals surface area contributed by atoms with Crippen LogP contribution in [0.3, 0.4) is 0 Å². The smallest absolute Gasteiger partial charge is 0.317 e. The van der Waals surface area contributed by atoms with Crippen LogP contribution in [0.2, 0.25) is 0 Å². The van der Waals surface area contributed by atoms with Crippen LogP contribution in [-0.4, -0.2) is 27.5 Å². The summed E-state index contributed by atoms with van der Waals surface area (Å²) in [6.45, 7) is 6.99. The number of aliphatic carboxylic acids is 1. The lowest BCUT2D eigenvalue weighted by Gasteiger charge is -2.22. The molecule has 0 spiro atoms. The third-order valence-electron chi connectivity index (χ3n) is 1.64. The quantitative estimate of drug-likeness (QED) is 0.634. The Morgan fingerprint density at radius 3 is 2.20 bits per heavy atom. The Hall–Kier alpha value is -0.580. The molecule has 0 rings (SSSR count). The highest BCUT2D eigenvalue weighted by atomic mass is 79.9. The van der Waals surface area contributed by atoms with Crippen molar-refractivity contribution in [3.63, 3.8) is 0 Å². The van der Waals surface area contributed by atoms with Gasteiger partial charge in [-0.2, -0.15) is 0 Å². The Balaban J connectivity index is 4.17. The van der Waals surface area contributed by atoms with E-state index < -0.39 is 22.3 Å². The van der Waals surface area contributed by atoms with Crippen molar-refractivity contribution < 1.29 is 19.4 Å². The third-order valence-corrected chi connectivity index (χ3v) is 2.40. The first kappa shape index (κ1) is 14.4. The van der Waals surface area contributed by atoms with E-state index in [4.69, 9.17) is 9.84 Å². The van der Waals surface area contributed by atoms with Gasteiger partial charge in [-0.3, -0.25) is 9.59 Å². The van der Waals surface area contributed by atoms with Gasteiger partial charge in [-0.25, -0.2) is 0 Å². The lowest BCUT2D eigenvalue weighted by Crippen LogP contribution is -2.29. The van der Waals surface area contributed by atoms with E-state index in [-0.39, 0.29) is 12.4 Å². The van der Waals surface area contributed by atoms with Crippen molar-refractivity contribution in [2.75, 3.05) is 0 Å². The van der Waals surface area contributed by atoms with E-state index >= 15 is 0 Å². The molecule has 1 N–H and O–H groups in total. The average Bonchev–Trinajstić information content (AvgIpc) is 2.00. The second kappa shape index (κ2) is 5.49. The first-order valence-corrected chi connectivity index (χ1v) is 5.65. The van der Waals surface area contributed by atoms with Crippen LogP contribution < -0.4 is 0 Å². The fraction of sp³-hybridized carbons (Fsp3) is 0.800. The first-order chi connectivity index (χ1) is 6.63. The topological polar surface area (TPSA) is 63.6 Å². The molecule has 2 atom stereocenters. The summed E-state index contributed by atoms with van der Waals surface area (Å²) in [4.78, 5) is 21.3. The maximum absolute atomic E-state index is 11.5. The predicted octanol–water partition coefficient (Wildman–Crippen LogP) is 2.20. The summed E-state index contributed by atoms with van der Waals surface area (Å²) in [5.41, 5.74) is -0.531. The number of hydrogen-bond acceptors (Lipinski definition) is 3. The Morgan fingerprint density at radius 1 is 1.40 bits per heavy atom. The Labute approximate surface area is 98.1 Å². The van der Waals surface area contributed by atoms with Crippen molar-refractivity contribution in [1.29, 1.82) is 0 Å². The number of ether oxygens (including phenoxy) is 1. The van der Waals surface area contributed by atoms with Gasteiger partial charge in [-0.1, -0.05) is 22.9 Å². The standard InChI is InChI=1S/C10H17BrO4/c1-6(5-7(11)8(12)13)9(14)15-10(2,3)4/h6-7H,5H2,1-4H3,(H,12,13). The monoisotopic (exact) mass is 280 g/mol. The number of alkyl halides is 1. The van der Waals surface area contributed by atoms with Crippen molar-refractivity contribution in [2.24, 2.45) is 5.92 Å². The minimum absolute atomic E-state index is 0.226. The molecule has 0 aliphatic heterocycles. The maximum Gasteiger partial charge on any atom is 0.317 e. The highest BCUT2D eigenvalue weighted by Crippen LogP contribution is 2.18. The van der Waals surface area contributed by atoms with Gasteiger partial charge in [0, 0.05) is 0 Å². The van der Waals surface area contributed by atoms with E-state index in [2.05, 4.69) is 15.9 Å². The molecule has 0 radical (unpaired) electrons. The molecule has 4 nitrogen and oxygen atoms in total. The summed E-state index contributed by atoms with van der Waals surface area (Å²) >= 11 is 2.98. The zero-order chi connectivity index (χ0) is 12.2. The summed E-state index contributed by atoms with van der Waals surface area (Å²) in [6, 6.07) is 0. The van der Waals surface area contributed by atoms with Crippen molar-refractivity contribution in [1.82, 2.24) is 0 Å². The fourth-order valence-corrected chi connectivity index (χ4v) is 1.47. The van der Waals surface area contributed by atoms with E-state index in [0.29, 0.717) is 0 Å². The zero-order valence-corrected chi connectivity index (χ0v) is 11.0. The van der Waals surface area contributed by atoms with Gasteiger partial charge in [0.05, 0.1) is 5.92 Å². The van der Waals surface area contributed by atoms with E-state index in [1.165, 1.54) is 0 Å². The number of carboxylic acid groups (broad SMARTS) is 1. The summed E-state index contributed by atoms with van der Waals surface area (Å²) in [6.07, 6.45) is 0.226. The number of carbonyl (C=O) groups is 2. The third kappa shape index (κ3) is 6.49. The molecule has 0 aromatic heterocycles. The SMILES string of the molecule is CC(CC(Br)C(=O)O)C(=O)OC(C)(C)C. The van der Waals surface area contributed by atoms with Crippen molar-refractivity contribution in [3.05, 3.63) is 0 Å². The highest BCUT2D eigenvalue weighted by Gasteiger charge is 2.25. The van der Waals surface area contributed by atoms with Gasteiger partial charge < -0.3 is 9.84 Å². The van der Waals surface area contributed by atoms with Gasteiger partial charge >= 0.3 is 11.9 Å². The van der Waals surface area contributed by atoms with Crippen LogP contribution in [0.15, 0.2) is 0 Å². The van der Waals surface area contributed by atoms with Crippen LogP contribution in [0.5, 0.6) is 0 Å². The first-order valence-electron chi connectivity index (χ1n) is 4.73. The van der Waals surface area contributed by atoms with Crippen LogP contribution in [0, 0.1) is 5.92 Å². The van der Waals surface area contributed by atoms with Crippen molar-refractivity contribution in [2.45, 2.75) is 44.5 Å². The van der Waals surface area contributed by atoms with Gasteiger partial charge in [0.15, 0.2) is 0 Å². The molecule has 0 saturated heterocycles. The molecule has 0 aliphatic rings. The fourth-order valence-electron chi connectivity index (χ4n) is 0.910. The van der Waals surface area contributed by atoms with E-state index in [1.54, 1.807) is 27.7 Å². The Kier molecular flexibility index (Phi) is 5.28. The largest absolute Gasteiger partial charge is 0.480 e. The number of rotatable bonds is 4. The highest BCUT2D eigenvalue weighted by molar-refractivity contribution is 9.10. The van der Waals surface area contributed by atoms with Crippen LogP contribution in [0.25, 0.3) is 0 Å². The average molecular weight is 281 g/mol. The second-order valence-corrected chi connectivity index (χ2v) is 5.58. The molecule has 5 heteroatoms. The minimum atomic E-state index is -0.967. The number of carboxylic acids is 1. The molecule has 0 aromatic carbocycles. The molecular formula is C10H17BrO4. The van der Waals surface area contributed by atoms with Gasteiger partial charge in [0.2, 0.25) is 0 Å². The van der Waals surface area contributed by atoms with E-state index in [9.17, 15) is 9.59 Å². The Bertz CT molecular complexity index is 244. The molecule has 15 heavy (non-hydrogen) atoms. The van der Waals surface area contributed by atoms with Gasteiger partial charge in [0.25, 0.3) is 0 Å². The zero-order valence-electron chi connectivity index (χ0n) is 9.41. The van der Waals surface area contributed by atoms with Crippen LogP contribution >= 0.6 is 15.9 Å². The van der Waals surface area contributed by atoms with Crippen LogP contribution in [0.1, 0.15) is 34.1 Å². The number of esters is 1. The molecule has 0 bridgehead atoms. The number of carbonyl (C=O) groups excluding carboxylic acids is 1. The van der Waals surface area contributed by atoms with Gasteiger partial charge in [0.1, 0.15) is 10.4 Å². The molecule has 2 unspecified atom stereocenters. The number of halogens is 1. The van der Waals surface area contributed by atoms with E-state index in [0.717, 1.165) is 0 Å². The summed E-state index contributed by atoms with van der Waals surface area (Å²) < 4.78 is 5.13. The lowest BCUT2D eigenvalue weighted by atomic mass is 10.1. The van der Waals surface area contributed by atoms with Gasteiger partial charge in [-0.15, -0.1) is 0 Å². The Morgan fingerprint density at radius 2 is 1.87 bits per heavy atom. The lowest BCUT2D eigenvalue weighted by molar-refractivity contribution is -0.159. The second-order valence-electron chi connectivity index (χ2n) is 4.48. The van der Waals surface area contributed by atoms with Crippen molar-refractivity contribution in [3.8, 4) is 0 Å². The molecular weight excluding hydrogens is 264 g/mol. The normalized spacial score (nSPS) is 15.5. The molecule has 0 aromatic rings. The molecule has 0 fully saturated rings.